The third-order valence-corrected chi connectivity index (χ3v) is 6.67. The van der Waals surface area contributed by atoms with E-state index in [1.54, 1.807) is 29.2 Å². The lowest BCUT2D eigenvalue weighted by atomic mass is 10.0. The number of nitrogens with zero attached hydrogens (tertiary/aromatic N) is 2. The average Bonchev–Trinajstić information content (AvgIpc) is 2.87. The number of hydrogen-bond acceptors (Lipinski definition) is 5. The summed E-state index contributed by atoms with van der Waals surface area (Å²) in [6.45, 7) is 5.80. The molecule has 0 aromatic heterocycles. The first-order chi connectivity index (χ1) is 18.0. The van der Waals surface area contributed by atoms with Crippen molar-refractivity contribution in [3.8, 4) is 0 Å². The summed E-state index contributed by atoms with van der Waals surface area (Å²) in [5.41, 5.74) is 1.99. The number of nitro benzene ring substituents is 1. The van der Waals surface area contributed by atoms with Crippen LogP contribution in [-0.4, -0.2) is 39.0 Å². The molecule has 1 N–H and O–H groups in total. The van der Waals surface area contributed by atoms with Gasteiger partial charge in [0.2, 0.25) is 11.8 Å². The molecular weight excluding hydrogens is 505 g/mol. The van der Waals surface area contributed by atoms with Gasteiger partial charge in [-0.15, -0.1) is 11.8 Å². The second-order valence-electron chi connectivity index (χ2n) is 10.0. The number of carbonyl (C=O) groups excluding carboxylic acids is 2. The van der Waals surface area contributed by atoms with Gasteiger partial charge in [0.15, 0.2) is 0 Å². The van der Waals surface area contributed by atoms with Crippen molar-refractivity contribution in [1.82, 2.24) is 10.2 Å². The molecule has 0 fully saturated rings. The summed E-state index contributed by atoms with van der Waals surface area (Å²) in [4.78, 5) is 39.1. The molecule has 0 spiro atoms. The first-order valence-electron chi connectivity index (χ1n) is 12.2. The molecule has 200 valence electrons. The predicted octanol–water partition coefficient (Wildman–Crippen LogP) is 5.52. The second kappa shape index (κ2) is 13.2. The lowest BCUT2D eigenvalue weighted by Gasteiger charge is -2.34. The Morgan fingerprint density at radius 3 is 2.13 bits per heavy atom. The van der Waals surface area contributed by atoms with Crippen molar-refractivity contribution in [3.63, 3.8) is 0 Å². The summed E-state index contributed by atoms with van der Waals surface area (Å²) >= 11 is 1.37. The lowest BCUT2D eigenvalue weighted by molar-refractivity contribution is -0.384. The van der Waals surface area contributed by atoms with E-state index >= 15 is 0 Å². The Bertz CT molecular complexity index is 1230. The molecule has 2 amide bonds. The quantitative estimate of drug-likeness (QED) is 0.257. The van der Waals surface area contributed by atoms with Gasteiger partial charge in [-0.3, -0.25) is 19.7 Å². The molecule has 3 aromatic rings. The number of non-ortho nitro benzene ring substituents is 1. The van der Waals surface area contributed by atoms with Crippen molar-refractivity contribution < 1.29 is 18.9 Å². The number of nitro groups is 1. The Morgan fingerprint density at radius 2 is 1.55 bits per heavy atom. The molecule has 0 aliphatic carbocycles. The standard InChI is InChI=1S/C29H32FN3O4S/c1-29(2,3)31-28(35)26(17-21-7-5-4-6-8-21)32(18-22-9-13-24(30)14-10-22)27(34)20-38-19-23-11-15-25(16-12-23)33(36)37/h4-16,26H,17-20H2,1-3H3,(H,31,35)/t26-/m1/s1. The molecule has 38 heavy (non-hydrogen) atoms. The summed E-state index contributed by atoms with van der Waals surface area (Å²) < 4.78 is 13.6. The van der Waals surface area contributed by atoms with Gasteiger partial charge in [-0.05, 0) is 49.6 Å². The smallest absolute Gasteiger partial charge is 0.269 e. The highest BCUT2D eigenvalue weighted by Crippen LogP contribution is 2.20. The Labute approximate surface area is 226 Å². The zero-order chi connectivity index (χ0) is 27.7. The van der Waals surface area contributed by atoms with Crippen molar-refractivity contribution in [3.05, 3.63) is 111 Å². The largest absolute Gasteiger partial charge is 0.350 e. The number of amides is 2. The Hall–Kier alpha value is -3.72. The summed E-state index contributed by atoms with van der Waals surface area (Å²) in [5, 5.41) is 13.9. The minimum Gasteiger partial charge on any atom is -0.350 e. The van der Waals surface area contributed by atoms with Crippen molar-refractivity contribution >= 4 is 29.3 Å². The third kappa shape index (κ3) is 8.99. The first kappa shape index (κ1) is 28.8. The van der Waals surface area contributed by atoms with E-state index in [0.717, 1.165) is 11.1 Å². The van der Waals surface area contributed by atoms with E-state index in [1.807, 2.05) is 51.1 Å². The summed E-state index contributed by atoms with van der Waals surface area (Å²) in [7, 11) is 0. The van der Waals surface area contributed by atoms with Gasteiger partial charge in [-0.2, -0.15) is 0 Å². The monoisotopic (exact) mass is 537 g/mol. The summed E-state index contributed by atoms with van der Waals surface area (Å²) in [6, 6.07) is 20.8. The topological polar surface area (TPSA) is 92.6 Å². The molecule has 0 bridgehead atoms. The molecule has 0 radical (unpaired) electrons. The van der Waals surface area contributed by atoms with Crippen LogP contribution in [-0.2, 0) is 28.3 Å². The van der Waals surface area contributed by atoms with Gasteiger partial charge >= 0.3 is 0 Å². The Morgan fingerprint density at radius 1 is 0.947 bits per heavy atom. The fourth-order valence-corrected chi connectivity index (χ4v) is 4.72. The van der Waals surface area contributed by atoms with Crippen LogP contribution in [0.1, 0.15) is 37.5 Å². The number of thioether (sulfide) groups is 1. The van der Waals surface area contributed by atoms with Gasteiger partial charge in [0.05, 0.1) is 10.7 Å². The van der Waals surface area contributed by atoms with Crippen molar-refractivity contribution in [2.24, 2.45) is 0 Å². The van der Waals surface area contributed by atoms with Gasteiger partial charge in [-0.1, -0.05) is 54.6 Å². The summed E-state index contributed by atoms with van der Waals surface area (Å²) in [6.07, 6.45) is 0.322. The normalized spacial score (nSPS) is 12.0. The maximum atomic E-state index is 13.6. The van der Waals surface area contributed by atoms with Crippen LogP contribution in [0.2, 0.25) is 0 Å². The van der Waals surface area contributed by atoms with Gasteiger partial charge in [0.1, 0.15) is 11.9 Å². The maximum Gasteiger partial charge on any atom is 0.269 e. The fraction of sp³-hybridized carbons (Fsp3) is 0.310. The van der Waals surface area contributed by atoms with E-state index in [9.17, 15) is 24.1 Å². The van der Waals surface area contributed by atoms with E-state index in [2.05, 4.69) is 5.32 Å². The Kier molecular flexibility index (Phi) is 10.0. The highest BCUT2D eigenvalue weighted by atomic mass is 32.2. The number of halogens is 1. The van der Waals surface area contributed by atoms with Crippen LogP contribution in [0.4, 0.5) is 10.1 Å². The van der Waals surface area contributed by atoms with Crippen molar-refractivity contribution in [1.29, 1.82) is 0 Å². The van der Waals surface area contributed by atoms with E-state index < -0.39 is 16.5 Å². The van der Waals surface area contributed by atoms with Crippen molar-refractivity contribution in [2.75, 3.05) is 5.75 Å². The molecule has 1 atom stereocenters. The zero-order valence-corrected chi connectivity index (χ0v) is 22.5. The van der Waals surface area contributed by atoms with Crippen LogP contribution in [0, 0.1) is 15.9 Å². The molecule has 0 aliphatic heterocycles. The minimum atomic E-state index is -0.783. The number of carbonyl (C=O) groups is 2. The molecule has 0 heterocycles. The molecule has 3 aromatic carbocycles. The van der Waals surface area contributed by atoms with Gasteiger partial charge in [0, 0.05) is 36.4 Å². The fourth-order valence-electron chi connectivity index (χ4n) is 3.85. The molecule has 3 rings (SSSR count). The van der Waals surface area contributed by atoms with Crippen LogP contribution in [0.25, 0.3) is 0 Å². The number of benzene rings is 3. The Balaban J connectivity index is 1.83. The number of nitrogens with one attached hydrogen (secondary N) is 1. The molecule has 7 nitrogen and oxygen atoms in total. The average molecular weight is 538 g/mol. The first-order valence-corrected chi connectivity index (χ1v) is 13.4. The zero-order valence-electron chi connectivity index (χ0n) is 21.7. The molecule has 0 saturated heterocycles. The SMILES string of the molecule is CC(C)(C)NC(=O)[C@@H](Cc1ccccc1)N(Cc1ccc(F)cc1)C(=O)CSCc1ccc([N+](=O)[O-])cc1. The van der Waals surface area contributed by atoms with Crippen LogP contribution in [0.5, 0.6) is 0 Å². The third-order valence-electron chi connectivity index (χ3n) is 5.68. The van der Waals surface area contributed by atoms with Gasteiger partial charge < -0.3 is 10.2 Å². The molecule has 0 saturated carbocycles. The van der Waals surface area contributed by atoms with E-state index in [0.29, 0.717) is 17.7 Å². The van der Waals surface area contributed by atoms with Crippen LogP contribution in [0.15, 0.2) is 78.9 Å². The minimum absolute atomic E-state index is 0.00825. The van der Waals surface area contributed by atoms with Crippen LogP contribution >= 0.6 is 11.8 Å². The molecule has 9 heteroatoms. The maximum absolute atomic E-state index is 13.6. The number of rotatable bonds is 11. The summed E-state index contributed by atoms with van der Waals surface area (Å²) in [5.74, 6) is -0.294. The van der Waals surface area contributed by atoms with Crippen LogP contribution < -0.4 is 5.32 Å². The predicted molar refractivity (Wildman–Crippen MR) is 148 cm³/mol. The van der Waals surface area contributed by atoms with Gasteiger partial charge in [-0.25, -0.2) is 4.39 Å². The van der Waals surface area contributed by atoms with E-state index in [-0.39, 0.29) is 35.6 Å². The highest BCUT2D eigenvalue weighted by molar-refractivity contribution is 7.99. The number of hydrogen-bond donors (Lipinski definition) is 1. The van der Waals surface area contributed by atoms with E-state index in [1.165, 1.54) is 36.0 Å². The van der Waals surface area contributed by atoms with E-state index in [4.69, 9.17) is 0 Å². The molecular formula is C29H32FN3O4S. The molecule has 0 unspecified atom stereocenters. The molecule has 0 aliphatic rings. The van der Waals surface area contributed by atoms with Gasteiger partial charge in [0.25, 0.3) is 5.69 Å². The highest BCUT2D eigenvalue weighted by Gasteiger charge is 2.32. The lowest BCUT2D eigenvalue weighted by Crippen LogP contribution is -2.54. The van der Waals surface area contributed by atoms with Crippen molar-refractivity contribution in [2.45, 2.75) is 51.1 Å². The second-order valence-corrected chi connectivity index (χ2v) is 11.0. The van der Waals surface area contributed by atoms with Crippen LogP contribution in [0.3, 0.4) is 0 Å².